The van der Waals surface area contributed by atoms with Crippen LogP contribution in [0.5, 0.6) is 0 Å². The molecule has 2 aromatic carbocycles. The summed E-state index contributed by atoms with van der Waals surface area (Å²) in [5, 5.41) is 6.01. The van der Waals surface area contributed by atoms with E-state index in [2.05, 4.69) is 47.8 Å². The van der Waals surface area contributed by atoms with Crippen molar-refractivity contribution >= 4 is 16.7 Å². The van der Waals surface area contributed by atoms with Crippen LogP contribution in [0, 0.1) is 5.92 Å². The average Bonchev–Trinajstić information content (AvgIpc) is 2.85. The molecule has 2 atom stereocenters. The lowest BCUT2D eigenvalue weighted by atomic mass is 9.94. The van der Waals surface area contributed by atoms with Crippen molar-refractivity contribution in [2.75, 3.05) is 13.1 Å². The van der Waals surface area contributed by atoms with Crippen molar-refractivity contribution in [3.05, 3.63) is 48.0 Å². The maximum absolute atomic E-state index is 12.6. The molecular formula is C18H20N2O. The largest absolute Gasteiger partial charge is 0.336 e. The van der Waals surface area contributed by atoms with Crippen LogP contribution >= 0.6 is 0 Å². The highest BCUT2D eigenvalue weighted by atomic mass is 16.2. The fourth-order valence-electron chi connectivity index (χ4n) is 3.78. The van der Waals surface area contributed by atoms with Gasteiger partial charge in [-0.15, -0.1) is 0 Å². The van der Waals surface area contributed by atoms with E-state index in [1.807, 2.05) is 4.90 Å². The molecule has 0 spiro atoms. The van der Waals surface area contributed by atoms with E-state index in [0.29, 0.717) is 11.9 Å². The number of piperidine rings is 1. The first-order chi connectivity index (χ1) is 10.3. The molecule has 0 radical (unpaired) electrons. The Morgan fingerprint density at radius 2 is 2.00 bits per heavy atom. The molecule has 0 saturated carbocycles. The number of nitrogens with zero attached hydrogens (tertiary/aromatic N) is 1. The first-order valence-corrected chi connectivity index (χ1v) is 7.82. The van der Waals surface area contributed by atoms with Gasteiger partial charge in [-0.25, -0.2) is 0 Å². The molecule has 2 heterocycles. The van der Waals surface area contributed by atoms with Crippen molar-refractivity contribution in [3.8, 4) is 0 Å². The molecule has 1 amide bonds. The summed E-state index contributed by atoms with van der Waals surface area (Å²) in [5.74, 6) is 0.536. The Hall–Kier alpha value is -1.87. The molecular weight excluding hydrogens is 260 g/mol. The van der Waals surface area contributed by atoms with Gasteiger partial charge in [0.1, 0.15) is 0 Å². The van der Waals surface area contributed by atoms with Crippen LogP contribution in [0.25, 0.3) is 10.8 Å². The Kier molecular flexibility index (Phi) is 3.15. The van der Waals surface area contributed by atoms with Gasteiger partial charge in [0.05, 0.1) is 5.92 Å². The standard InChI is InChI=1S/C18H20N2O/c21-18-16-9-4-10-19-17(16)12-20(18)11-14-7-3-6-13-5-1-2-8-15(13)14/h1-3,5-8,16-17,19H,4,9-12H2. The van der Waals surface area contributed by atoms with E-state index < -0.39 is 0 Å². The smallest absolute Gasteiger partial charge is 0.227 e. The molecule has 0 aromatic heterocycles. The molecule has 1 N–H and O–H groups in total. The Morgan fingerprint density at radius 3 is 2.90 bits per heavy atom. The van der Waals surface area contributed by atoms with Gasteiger partial charge in [-0.1, -0.05) is 42.5 Å². The van der Waals surface area contributed by atoms with Crippen LogP contribution in [0.1, 0.15) is 18.4 Å². The molecule has 2 aliphatic heterocycles. The van der Waals surface area contributed by atoms with E-state index in [4.69, 9.17) is 0 Å². The average molecular weight is 280 g/mol. The number of nitrogens with one attached hydrogen (secondary N) is 1. The van der Waals surface area contributed by atoms with E-state index in [9.17, 15) is 4.79 Å². The number of carbonyl (C=O) groups excluding carboxylic acids is 1. The number of amides is 1. The molecule has 0 aliphatic carbocycles. The van der Waals surface area contributed by atoms with Crippen molar-refractivity contribution in [1.82, 2.24) is 10.2 Å². The Balaban J connectivity index is 1.62. The quantitative estimate of drug-likeness (QED) is 0.917. The Morgan fingerprint density at radius 1 is 1.14 bits per heavy atom. The zero-order chi connectivity index (χ0) is 14.2. The number of hydrogen-bond donors (Lipinski definition) is 1. The molecule has 2 aromatic rings. The molecule has 3 nitrogen and oxygen atoms in total. The van der Waals surface area contributed by atoms with Crippen LogP contribution in [-0.4, -0.2) is 29.9 Å². The normalized spacial score (nSPS) is 25.3. The van der Waals surface area contributed by atoms with Crippen molar-refractivity contribution in [3.63, 3.8) is 0 Å². The highest BCUT2D eigenvalue weighted by Gasteiger charge is 2.41. The number of rotatable bonds is 2. The fraction of sp³-hybridized carbons (Fsp3) is 0.389. The molecule has 2 fully saturated rings. The number of likely N-dealkylation sites (tertiary alicyclic amines) is 1. The van der Waals surface area contributed by atoms with Gasteiger partial charge in [-0.2, -0.15) is 0 Å². The first-order valence-electron chi connectivity index (χ1n) is 7.82. The minimum Gasteiger partial charge on any atom is -0.336 e. The van der Waals surface area contributed by atoms with Gasteiger partial charge in [0.15, 0.2) is 0 Å². The van der Waals surface area contributed by atoms with E-state index in [0.717, 1.165) is 32.5 Å². The third-order valence-electron chi connectivity index (χ3n) is 4.87. The fourth-order valence-corrected chi connectivity index (χ4v) is 3.78. The summed E-state index contributed by atoms with van der Waals surface area (Å²) in [4.78, 5) is 14.6. The predicted molar refractivity (Wildman–Crippen MR) is 83.9 cm³/mol. The second kappa shape index (κ2) is 5.15. The number of carbonyl (C=O) groups is 1. The van der Waals surface area contributed by atoms with Gasteiger partial charge < -0.3 is 10.2 Å². The summed E-state index contributed by atoms with van der Waals surface area (Å²) < 4.78 is 0. The van der Waals surface area contributed by atoms with Crippen LogP contribution in [0.2, 0.25) is 0 Å². The van der Waals surface area contributed by atoms with Crippen LogP contribution in [-0.2, 0) is 11.3 Å². The maximum Gasteiger partial charge on any atom is 0.227 e. The zero-order valence-corrected chi connectivity index (χ0v) is 12.1. The minimum absolute atomic E-state index is 0.203. The summed E-state index contributed by atoms with van der Waals surface area (Å²) in [5.41, 5.74) is 1.25. The number of hydrogen-bond acceptors (Lipinski definition) is 2. The summed E-state index contributed by atoms with van der Waals surface area (Å²) >= 11 is 0. The van der Waals surface area contributed by atoms with E-state index in [1.54, 1.807) is 0 Å². The number of benzene rings is 2. The summed E-state index contributed by atoms with van der Waals surface area (Å²) in [6.07, 6.45) is 2.16. The highest BCUT2D eigenvalue weighted by Crippen LogP contribution is 2.29. The topological polar surface area (TPSA) is 32.3 Å². The monoisotopic (exact) mass is 280 g/mol. The van der Waals surface area contributed by atoms with Crippen LogP contribution < -0.4 is 5.32 Å². The molecule has 3 heteroatoms. The molecule has 0 bridgehead atoms. The van der Waals surface area contributed by atoms with E-state index in [1.165, 1.54) is 16.3 Å². The van der Waals surface area contributed by atoms with Gasteiger partial charge in [-0.3, -0.25) is 4.79 Å². The van der Waals surface area contributed by atoms with E-state index in [-0.39, 0.29) is 5.92 Å². The van der Waals surface area contributed by atoms with Gasteiger partial charge in [0, 0.05) is 19.1 Å². The minimum atomic E-state index is 0.203. The maximum atomic E-state index is 12.6. The van der Waals surface area contributed by atoms with Crippen LogP contribution in [0.3, 0.4) is 0 Å². The third kappa shape index (κ3) is 2.22. The van der Waals surface area contributed by atoms with Gasteiger partial charge in [0.25, 0.3) is 0 Å². The van der Waals surface area contributed by atoms with Gasteiger partial charge in [-0.05, 0) is 35.7 Å². The zero-order valence-electron chi connectivity index (χ0n) is 12.1. The lowest BCUT2D eigenvalue weighted by molar-refractivity contribution is -0.131. The Bertz CT molecular complexity index is 676. The molecule has 2 unspecified atom stereocenters. The second-order valence-corrected chi connectivity index (χ2v) is 6.17. The lowest BCUT2D eigenvalue weighted by Gasteiger charge is -2.23. The van der Waals surface area contributed by atoms with Gasteiger partial charge in [0.2, 0.25) is 5.91 Å². The summed E-state index contributed by atoms with van der Waals surface area (Å²) in [6.45, 7) is 2.64. The van der Waals surface area contributed by atoms with Crippen molar-refractivity contribution < 1.29 is 4.79 Å². The van der Waals surface area contributed by atoms with Gasteiger partial charge >= 0.3 is 0 Å². The molecule has 2 aliphatic rings. The van der Waals surface area contributed by atoms with E-state index >= 15 is 0 Å². The van der Waals surface area contributed by atoms with Crippen molar-refractivity contribution in [2.45, 2.75) is 25.4 Å². The molecule has 108 valence electrons. The molecule has 2 saturated heterocycles. The SMILES string of the molecule is O=C1C2CCCNC2CN1Cc1cccc2ccccc12. The Labute approximate surface area is 124 Å². The first kappa shape index (κ1) is 12.8. The highest BCUT2D eigenvalue weighted by molar-refractivity contribution is 5.87. The van der Waals surface area contributed by atoms with Crippen molar-refractivity contribution in [1.29, 1.82) is 0 Å². The predicted octanol–water partition coefficient (Wildman–Crippen LogP) is 2.55. The summed E-state index contributed by atoms with van der Waals surface area (Å²) in [6, 6.07) is 15.1. The second-order valence-electron chi connectivity index (χ2n) is 6.17. The third-order valence-corrected chi connectivity index (χ3v) is 4.87. The van der Waals surface area contributed by atoms with Crippen LogP contribution in [0.4, 0.5) is 0 Å². The summed E-state index contributed by atoms with van der Waals surface area (Å²) in [7, 11) is 0. The van der Waals surface area contributed by atoms with Crippen molar-refractivity contribution in [2.24, 2.45) is 5.92 Å². The molecule has 21 heavy (non-hydrogen) atoms. The molecule has 4 rings (SSSR count). The number of fused-ring (bicyclic) bond motifs is 2. The van der Waals surface area contributed by atoms with Crippen LogP contribution in [0.15, 0.2) is 42.5 Å². The lowest BCUT2D eigenvalue weighted by Crippen LogP contribution is -2.41.